The zero-order chi connectivity index (χ0) is 22.3. The molecule has 160 valence electrons. The molecule has 0 spiro atoms. The van der Waals surface area contributed by atoms with Gasteiger partial charge < -0.3 is 14.8 Å². The minimum Gasteiger partial charge on any atom is -0.497 e. The van der Waals surface area contributed by atoms with Crippen LogP contribution in [0.2, 0.25) is 0 Å². The average molecular weight is 426 g/mol. The number of carbonyl (C=O) groups excluding carboxylic acids is 2. The van der Waals surface area contributed by atoms with E-state index in [0.717, 1.165) is 11.1 Å². The van der Waals surface area contributed by atoms with Gasteiger partial charge in [-0.05, 0) is 29.8 Å². The van der Waals surface area contributed by atoms with Crippen molar-refractivity contribution in [3.8, 4) is 17.0 Å². The van der Waals surface area contributed by atoms with Gasteiger partial charge in [-0.1, -0.05) is 60.7 Å². The summed E-state index contributed by atoms with van der Waals surface area (Å²) in [7, 11) is 1.59. The molecule has 0 saturated heterocycles. The fourth-order valence-corrected chi connectivity index (χ4v) is 3.34. The van der Waals surface area contributed by atoms with Gasteiger partial charge in [0.15, 0.2) is 6.61 Å². The number of hydrogen-bond acceptors (Lipinski definition) is 5. The molecule has 0 atom stereocenters. The molecule has 0 fully saturated rings. The zero-order valence-electron chi connectivity index (χ0n) is 17.6. The minimum atomic E-state index is -0.572. The second kappa shape index (κ2) is 9.75. The summed E-state index contributed by atoms with van der Waals surface area (Å²) in [6.45, 7) is -0.0654. The van der Waals surface area contributed by atoms with Gasteiger partial charge in [0.1, 0.15) is 5.75 Å². The van der Waals surface area contributed by atoms with Gasteiger partial charge in [0, 0.05) is 17.5 Å². The van der Waals surface area contributed by atoms with Crippen molar-refractivity contribution in [2.24, 2.45) is 0 Å². The number of aromatic nitrogens is 1. The molecule has 0 radical (unpaired) electrons. The summed E-state index contributed by atoms with van der Waals surface area (Å²) in [4.78, 5) is 29.7. The molecule has 0 unspecified atom stereocenters. The highest BCUT2D eigenvalue weighted by atomic mass is 16.5. The standard InChI is InChI=1S/C26H22N2O4/c1-31-20-11-7-8-18(14-20)16-27-25(29)17-32-26(30)22-15-24(19-9-3-2-4-10-19)28-23-13-6-5-12-21(22)23/h2-15H,16-17H2,1H3,(H,27,29). The zero-order valence-corrected chi connectivity index (χ0v) is 17.6. The molecule has 1 aromatic heterocycles. The summed E-state index contributed by atoms with van der Waals surface area (Å²) in [5.74, 6) is -0.248. The molecule has 1 N–H and O–H groups in total. The Morgan fingerprint density at radius 3 is 2.50 bits per heavy atom. The molecule has 4 rings (SSSR count). The largest absolute Gasteiger partial charge is 0.497 e. The molecular weight excluding hydrogens is 404 g/mol. The number of benzene rings is 3. The molecule has 3 aromatic carbocycles. The Hall–Kier alpha value is -4.19. The SMILES string of the molecule is COc1cccc(CNC(=O)COC(=O)c2cc(-c3ccccc3)nc3ccccc23)c1. The smallest absolute Gasteiger partial charge is 0.339 e. The molecule has 4 aromatic rings. The Labute approximate surface area is 185 Å². The Morgan fingerprint density at radius 2 is 1.69 bits per heavy atom. The number of methoxy groups -OCH3 is 1. The van der Waals surface area contributed by atoms with Crippen molar-refractivity contribution in [2.45, 2.75) is 6.54 Å². The van der Waals surface area contributed by atoms with E-state index in [4.69, 9.17) is 9.47 Å². The number of fused-ring (bicyclic) bond motifs is 1. The van der Waals surface area contributed by atoms with E-state index in [1.807, 2.05) is 78.9 Å². The van der Waals surface area contributed by atoms with Crippen LogP contribution in [0.1, 0.15) is 15.9 Å². The van der Waals surface area contributed by atoms with E-state index >= 15 is 0 Å². The predicted octanol–water partition coefficient (Wildman–Crippen LogP) is 4.38. The van der Waals surface area contributed by atoms with E-state index in [9.17, 15) is 9.59 Å². The number of pyridine rings is 1. The Kier molecular flexibility index (Phi) is 6.41. The maximum atomic E-state index is 12.9. The van der Waals surface area contributed by atoms with Crippen LogP contribution in [0.5, 0.6) is 5.75 Å². The number of ether oxygens (including phenoxy) is 2. The third kappa shape index (κ3) is 4.92. The van der Waals surface area contributed by atoms with Crippen LogP contribution in [-0.2, 0) is 16.1 Å². The molecule has 0 aliphatic carbocycles. The average Bonchev–Trinajstić information content (AvgIpc) is 2.86. The Balaban J connectivity index is 1.46. The monoisotopic (exact) mass is 426 g/mol. The first-order valence-electron chi connectivity index (χ1n) is 10.2. The number of nitrogens with one attached hydrogen (secondary N) is 1. The van der Waals surface area contributed by atoms with E-state index in [-0.39, 0.29) is 12.5 Å². The van der Waals surface area contributed by atoms with E-state index < -0.39 is 5.97 Å². The first kappa shape index (κ1) is 21.1. The molecule has 32 heavy (non-hydrogen) atoms. The lowest BCUT2D eigenvalue weighted by Gasteiger charge is -2.11. The highest BCUT2D eigenvalue weighted by molar-refractivity contribution is 6.05. The summed E-state index contributed by atoms with van der Waals surface area (Å²) in [6, 6.07) is 26.1. The molecule has 0 aliphatic heterocycles. The topological polar surface area (TPSA) is 77.5 Å². The number of esters is 1. The van der Waals surface area contributed by atoms with Gasteiger partial charge in [-0.2, -0.15) is 0 Å². The van der Waals surface area contributed by atoms with Crippen LogP contribution < -0.4 is 10.1 Å². The van der Waals surface area contributed by atoms with E-state index in [1.54, 1.807) is 13.2 Å². The van der Waals surface area contributed by atoms with E-state index in [0.29, 0.717) is 34.5 Å². The summed E-state index contributed by atoms with van der Waals surface area (Å²) in [5, 5.41) is 3.42. The summed E-state index contributed by atoms with van der Waals surface area (Å²) < 4.78 is 10.5. The van der Waals surface area contributed by atoms with Crippen molar-refractivity contribution >= 4 is 22.8 Å². The molecule has 0 aliphatic rings. The van der Waals surface area contributed by atoms with Crippen molar-refractivity contribution in [2.75, 3.05) is 13.7 Å². The van der Waals surface area contributed by atoms with E-state index in [2.05, 4.69) is 10.3 Å². The van der Waals surface area contributed by atoms with Crippen LogP contribution in [0.25, 0.3) is 22.2 Å². The first-order valence-corrected chi connectivity index (χ1v) is 10.2. The van der Waals surface area contributed by atoms with Crippen LogP contribution in [0.3, 0.4) is 0 Å². The van der Waals surface area contributed by atoms with Gasteiger partial charge in [0.05, 0.1) is 23.9 Å². The van der Waals surface area contributed by atoms with Crippen molar-refractivity contribution in [3.05, 3.63) is 96.1 Å². The molecule has 1 heterocycles. The molecule has 1 amide bonds. The second-order valence-electron chi connectivity index (χ2n) is 7.14. The Morgan fingerprint density at radius 1 is 0.906 bits per heavy atom. The molecule has 0 saturated carbocycles. The predicted molar refractivity (Wildman–Crippen MR) is 122 cm³/mol. The van der Waals surface area contributed by atoms with Crippen LogP contribution in [-0.4, -0.2) is 30.6 Å². The van der Waals surface area contributed by atoms with Gasteiger partial charge in [-0.3, -0.25) is 4.79 Å². The number of carbonyl (C=O) groups is 2. The summed E-state index contributed by atoms with van der Waals surface area (Å²) in [6.07, 6.45) is 0. The number of nitrogens with zero attached hydrogens (tertiary/aromatic N) is 1. The maximum absolute atomic E-state index is 12.9. The summed E-state index contributed by atoms with van der Waals surface area (Å²) >= 11 is 0. The number of hydrogen-bond donors (Lipinski definition) is 1. The molecular formula is C26H22N2O4. The van der Waals surface area contributed by atoms with Crippen LogP contribution in [0.15, 0.2) is 84.9 Å². The lowest BCUT2D eigenvalue weighted by Crippen LogP contribution is -2.28. The van der Waals surface area contributed by atoms with Crippen molar-refractivity contribution in [1.29, 1.82) is 0 Å². The fourth-order valence-electron chi connectivity index (χ4n) is 3.34. The quantitative estimate of drug-likeness (QED) is 0.444. The van der Waals surface area contributed by atoms with Gasteiger partial charge in [-0.15, -0.1) is 0 Å². The highest BCUT2D eigenvalue weighted by Crippen LogP contribution is 2.25. The van der Waals surface area contributed by atoms with Crippen molar-refractivity contribution in [3.63, 3.8) is 0 Å². The molecule has 6 heteroatoms. The summed E-state index contributed by atoms with van der Waals surface area (Å²) in [5.41, 5.74) is 3.50. The molecule has 6 nitrogen and oxygen atoms in total. The van der Waals surface area contributed by atoms with Crippen LogP contribution in [0.4, 0.5) is 0 Å². The van der Waals surface area contributed by atoms with Gasteiger partial charge in [0.25, 0.3) is 5.91 Å². The van der Waals surface area contributed by atoms with E-state index in [1.165, 1.54) is 0 Å². The van der Waals surface area contributed by atoms with Gasteiger partial charge in [-0.25, -0.2) is 9.78 Å². The lowest BCUT2D eigenvalue weighted by molar-refractivity contribution is -0.124. The first-order chi connectivity index (χ1) is 15.6. The lowest BCUT2D eigenvalue weighted by atomic mass is 10.0. The second-order valence-corrected chi connectivity index (χ2v) is 7.14. The van der Waals surface area contributed by atoms with Gasteiger partial charge >= 0.3 is 5.97 Å². The highest BCUT2D eigenvalue weighted by Gasteiger charge is 2.16. The third-order valence-electron chi connectivity index (χ3n) is 4.96. The normalized spacial score (nSPS) is 10.5. The fraction of sp³-hybridized carbons (Fsp3) is 0.115. The van der Waals surface area contributed by atoms with Crippen LogP contribution >= 0.6 is 0 Å². The number of rotatable bonds is 7. The Bertz CT molecular complexity index is 1260. The molecule has 0 bridgehead atoms. The third-order valence-corrected chi connectivity index (χ3v) is 4.96. The van der Waals surface area contributed by atoms with Gasteiger partial charge in [0.2, 0.25) is 0 Å². The van der Waals surface area contributed by atoms with Crippen LogP contribution in [0, 0.1) is 0 Å². The van der Waals surface area contributed by atoms with Crippen molar-refractivity contribution < 1.29 is 19.1 Å². The maximum Gasteiger partial charge on any atom is 0.339 e. The number of para-hydroxylation sites is 1. The van der Waals surface area contributed by atoms with Crippen molar-refractivity contribution in [1.82, 2.24) is 10.3 Å². The minimum absolute atomic E-state index is 0.309. The number of amides is 1.